The molecule has 0 saturated heterocycles. The van der Waals surface area contributed by atoms with Crippen LogP contribution in [0.5, 0.6) is 0 Å². The second-order valence-corrected chi connectivity index (χ2v) is 5.16. The van der Waals surface area contributed by atoms with Crippen molar-refractivity contribution in [2.75, 3.05) is 0 Å². The highest BCUT2D eigenvalue weighted by Crippen LogP contribution is 2.19. The summed E-state index contributed by atoms with van der Waals surface area (Å²) in [6.07, 6.45) is 1.57. The maximum atomic E-state index is 12.2. The van der Waals surface area contributed by atoms with Crippen LogP contribution in [0.4, 0.5) is 0 Å². The first-order valence-electron chi connectivity index (χ1n) is 4.95. The van der Waals surface area contributed by atoms with Crippen LogP contribution < -0.4 is 5.56 Å². The van der Waals surface area contributed by atoms with Crippen molar-refractivity contribution in [3.8, 4) is 0 Å². The van der Waals surface area contributed by atoms with Crippen LogP contribution in [0.1, 0.15) is 11.3 Å². The minimum atomic E-state index is -0.0129. The van der Waals surface area contributed by atoms with E-state index in [1.54, 1.807) is 10.9 Å². The molecule has 0 aliphatic rings. The number of hydrogen-bond acceptors (Lipinski definition) is 6. The molecule has 3 heterocycles. The van der Waals surface area contributed by atoms with Crippen molar-refractivity contribution in [2.24, 2.45) is 0 Å². The van der Waals surface area contributed by atoms with Gasteiger partial charge < -0.3 is 0 Å². The second kappa shape index (κ2) is 4.01. The van der Waals surface area contributed by atoms with E-state index < -0.39 is 0 Å². The number of nitrogens with zero attached hydrogens (tertiary/aromatic N) is 4. The number of rotatable bonds is 2. The Balaban J connectivity index is 2.12. The molecule has 5 nitrogen and oxygen atoms in total. The Morgan fingerprint density at radius 2 is 2.29 bits per heavy atom. The second-order valence-electron chi connectivity index (χ2n) is 3.67. The van der Waals surface area contributed by atoms with Gasteiger partial charge in [0, 0.05) is 5.38 Å². The quantitative estimate of drug-likeness (QED) is 0.706. The smallest absolute Gasteiger partial charge is 0.271 e. The normalized spacial score (nSPS) is 11.1. The molecule has 3 aromatic heterocycles. The number of hydrogen-bond donors (Lipinski definition) is 0. The minimum Gasteiger partial charge on any atom is -0.292 e. The van der Waals surface area contributed by atoms with Crippen molar-refractivity contribution < 1.29 is 0 Å². The predicted molar refractivity (Wildman–Crippen MR) is 67.6 cm³/mol. The summed E-state index contributed by atoms with van der Waals surface area (Å²) in [5.74, 6) is 0. The fraction of sp³-hybridized carbons (Fsp3) is 0.200. The van der Waals surface area contributed by atoms with Crippen molar-refractivity contribution in [3.63, 3.8) is 0 Å². The molecule has 0 N–H and O–H groups in total. The summed E-state index contributed by atoms with van der Waals surface area (Å²) in [6.45, 7) is 2.38. The highest BCUT2D eigenvalue weighted by atomic mass is 32.1. The standard InChI is InChI=1S/C10H8N4OS2/c1-6-3-16-9-8(6)11-5-14(10(9)15)2-7-4-17-13-12-7/h3-5H,2H2,1H3. The monoisotopic (exact) mass is 264 g/mol. The van der Waals surface area contributed by atoms with Crippen LogP contribution in [0.2, 0.25) is 0 Å². The molecule has 0 bridgehead atoms. The molecule has 7 heteroatoms. The summed E-state index contributed by atoms with van der Waals surface area (Å²) in [4.78, 5) is 16.5. The molecule has 17 heavy (non-hydrogen) atoms. The van der Waals surface area contributed by atoms with E-state index in [9.17, 15) is 4.79 Å². The van der Waals surface area contributed by atoms with Crippen LogP contribution in [-0.4, -0.2) is 19.1 Å². The van der Waals surface area contributed by atoms with Crippen LogP contribution in [0.15, 0.2) is 21.9 Å². The van der Waals surface area contributed by atoms with Gasteiger partial charge in [-0.2, -0.15) is 0 Å². The first-order chi connectivity index (χ1) is 8.25. The molecule has 3 rings (SSSR count). The molecule has 0 fully saturated rings. The molecule has 0 radical (unpaired) electrons. The van der Waals surface area contributed by atoms with Gasteiger partial charge in [0.1, 0.15) is 4.70 Å². The Morgan fingerprint density at radius 1 is 1.41 bits per heavy atom. The lowest BCUT2D eigenvalue weighted by molar-refractivity contribution is 0.727. The van der Waals surface area contributed by atoms with E-state index in [0.717, 1.165) is 16.8 Å². The van der Waals surface area contributed by atoms with Gasteiger partial charge >= 0.3 is 0 Å². The predicted octanol–water partition coefficient (Wildman–Crippen LogP) is 1.67. The molecule has 0 aliphatic carbocycles. The van der Waals surface area contributed by atoms with Gasteiger partial charge in [0.15, 0.2) is 0 Å². The molecular weight excluding hydrogens is 256 g/mol. The topological polar surface area (TPSA) is 60.7 Å². The highest BCUT2D eigenvalue weighted by molar-refractivity contribution is 7.17. The summed E-state index contributed by atoms with van der Waals surface area (Å²) in [5.41, 5.74) is 2.62. The molecule has 0 aliphatic heterocycles. The largest absolute Gasteiger partial charge is 0.292 e. The van der Waals surface area contributed by atoms with E-state index in [2.05, 4.69) is 14.6 Å². The molecule has 0 unspecified atom stereocenters. The third-order valence-corrected chi connectivity index (χ3v) is 4.09. The summed E-state index contributed by atoms with van der Waals surface area (Å²) in [7, 11) is 0. The van der Waals surface area contributed by atoms with Crippen molar-refractivity contribution in [1.29, 1.82) is 0 Å². The maximum absolute atomic E-state index is 12.2. The van der Waals surface area contributed by atoms with Gasteiger partial charge in [-0.3, -0.25) is 9.36 Å². The Bertz CT molecular complexity index is 714. The zero-order chi connectivity index (χ0) is 11.8. The van der Waals surface area contributed by atoms with Crippen molar-refractivity contribution >= 4 is 33.1 Å². The van der Waals surface area contributed by atoms with Crippen LogP contribution in [0.3, 0.4) is 0 Å². The molecule has 86 valence electrons. The van der Waals surface area contributed by atoms with Crippen molar-refractivity contribution in [3.05, 3.63) is 38.7 Å². The Labute approximate surface area is 105 Å². The first-order valence-corrected chi connectivity index (χ1v) is 6.66. The summed E-state index contributed by atoms with van der Waals surface area (Å²) in [6, 6.07) is 0. The number of aryl methyl sites for hydroxylation is 1. The third kappa shape index (κ3) is 1.77. The Hall–Kier alpha value is -1.60. The fourth-order valence-electron chi connectivity index (χ4n) is 1.60. The maximum Gasteiger partial charge on any atom is 0.271 e. The highest BCUT2D eigenvalue weighted by Gasteiger charge is 2.09. The molecule has 0 atom stereocenters. The molecule has 0 aromatic carbocycles. The van der Waals surface area contributed by atoms with Gasteiger partial charge in [-0.25, -0.2) is 4.98 Å². The average Bonchev–Trinajstić information content (AvgIpc) is 2.93. The molecule has 0 amide bonds. The Kier molecular flexibility index (Phi) is 2.49. The van der Waals surface area contributed by atoms with E-state index in [1.807, 2.05) is 17.7 Å². The van der Waals surface area contributed by atoms with Crippen LogP contribution in [0.25, 0.3) is 10.2 Å². The van der Waals surface area contributed by atoms with E-state index in [-0.39, 0.29) is 5.56 Å². The third-order valence-electron chi connectivity index (χ3n) is 2.46. The van der Waals surface area contributed by atoms with E-state index in [4.69, 9.17) is 0 Å². The van der Waals surface area contributed by atoms with Crippen molar-refractivity contribution in [1.82, 2.24) is 19.1 Å². The van der Waals surface area contributed by atoms with E-state index in [1.165, 1.54) is 22.9 Å². The summed E-state index contributed by atoms with van der Waals surface area (Å²) < 4.78 is 6.04. The zero-order valence-corrected chi connectivity index (χ0v) is 10.6. The number of thiophene rings is 1. The molecule has 0 spiro atoms. The van der Waals surface area contributed by atoms with Gasteiger partial charge in [0.25, 0.3) is 5.56 Å². The molecular formula is C10H8N4OS2. The number of aromatic nitrogens is 4. The molecule has 3 aromatic rings. The summed E-state index contributed by atoms with van der Waals surface area (Å²) >= 11 is 2.72. The van der Waals surface area contributed by atoms with Crippen molar-refractivity contribution in [2.45, 2.75) is 13.5 Å². The van der Waals surface area contributed by atoms with E-state index in [0.29, 0.717) is 11.2 Å². The fourth-order valence-corrected chi connectivity index (χ4v) is 2.99. The van der Waals surface area contributed by atoms with Gasteiger partial charge in [0.05, 0.1) is 24.1 Å². The Morgan fingerprint density at radius 3 is 3.06 bits per heavy atom. The lowest BCUT2D eigenvalue weighted by Crippen LogP contribution is -2.20. The van der Waals surface area contributed by atoms with Gasteiger partial charge in [-0.15, -0.1) is 16.4 Å². The van der Waals surface area contributed by atoms with Gasteiger partial charge in [-0.05, 0) is 29.4 Å². The molecule has 0 saturated carbocycles. The number of fused-ring (bicyclic) bond motifs is 1. The first kappa shape index (κ1) is 10.5. The van der Waals surface area contributed by atoms with E-state index >= 15 is 0 Å². The SMILES string of the molecule is Cc1csc2c(=O)n(Cc3csnn3)cnc12. The van der Waals surface area contributed by atoms with Crippen LogP contribution in [-0.2, 0) is 6.54 Å². The zero-order valence-electron chi connectivity index (χ0n) is 8.95. The van der Waals surface area contributed by atoms with Crippen LogP contribution in [0, 0.1) is 6.92 Å². The van der Waals surface area contributed by atoms with Gasteiger partial charge in [0.2, 0.25) is 0 Å². The van der Waals surface area contributed by atoms with Gasteiger partial charge in [-0.1, -0.05) is 4.49 Å². The lowest BCUT2D eigenvalue weighted by atomic mass is 10.3. The lowest BCUT2D eigenvalue weighted by Gasteiger charge is -2.01. The minimum absolute atomic E-state index is 0.0129. The summed E-state index contributed by atoms with van der Waals surface area (Å²) in [5, 5.41) is 7.70. The van der Waals surface area contributed by atoms with Crippen LogP contribution >= 0.6 is 22.9 Å². The average molecular weight is 264 g/mol.